The van der Waals surface area contributed by atoms with Crippen molar-refractivity contribution < 1.29 is 14.5 Å². The molecule has 0 aromatic heterocycles. The van der Waals surface area contributed by atoms with Crippen LogP contribution in [-0.4, -0.2) is 24.7 Å². The van der Waals surface area contributed by atoms with Crippen molar-refractivity contribution in [1.82, 2.24) is 0 Å². The van der Waals surface area contributed by atoms with E-state index >= 15 is 0 Å². The average molecular weight is 222 g/mol. The second-order valence-electron chi connectivity index (χ2n) is 3.44. The van der Waals surface area contributed by atoms with Gasteiger partial charge in [0.05, 0.1) is 17.7 Å². The van der Waals surface area contributed by atoms with Gasteiger partial charge in [0, 0.05) is 18.7 Å². The predicted molar refractivity (Wildman–Crippen MR) is 56.6 cm³/mol. The van der Waals surface area contributed by atoms with E-state index in [-0.39, 0.29) is 5.69 Å². The Kier molecular flexibility index (Phi) is 2.47. The minimum atomic E-state index is -0.443. The molecule has 1 heterocycles. The zero-order valence-corrected chi connectivity index (χ0v) is 8.67. The number of amides is 1. The molecule has 6 nitrogen and oxygen atoms in total. The molecule has 1 aliphatic rings. The molecule has 1 amide bonds. The molecule has 0 bridgehead atoms. The number of ether oxygens (including phenoxy) is 1. The summed E-state index contributed by atoms with van der Waals surface area (Å²) in [6.07, 6.45) is 0.180. The molecule has 0 saturated carbocycles. The molecule has 16 heavy (non-hydrogen) atoms. The minimum Gasteiger partial charge on any atom is -0.452 e. The number of benzene rings is 1. The van der Waals surface area contributed by atoms with Crippen LogP contribution < -0.4 is 4.90 Å². The summed E-state index contributed by atoms with van der Waals surface area (Å²) in [5.74, 6) is 0. The number of nitro groups is 1. The predicted octanol–water partition coefficient (Wildman–Crippen LogP) is 1.72. The van der Waals surface area contributed by atoms with Crippen molar-refractivity contribution in [3.05, 3.63) is 33.9 Å². The highest BCUT2D eigenvalue weighted by Gasteiger charge is 2.26. The smallest absolute Gasteiger partial charge is 0.414 e. The number of hydrogen-bond donors (Lipinski definition) is 0. The first kappa shape index (κ1) is 10.4. The molecule has 0 saturated heterocycles. The largest absolute Gasteiger partial charge is 0.452 e. The maximum absolute atomic E-state index is 11.4. The standard InChI is InChI=1S/C10H10N2O4/c1-16-10(13)11-5-4-7-6-8(12(14)15)2-3-9(7)11/h2-3,6H,4-5H2,1H3. The number of hydrogen-bond acceptors (Lipinski definition) is 4. The van der Waals surface area contributed by atoms with Crippen molar-refractivity contribution >= 4 is 17.5 Å². The van der Waals surface area contributed by atoms with Crippen molar-refractivity contribution in [2.75, 3.05) is 18.6 Å². The fourth-order valence-corrected chi connectivity index (χ4v) is 1.80. The molecule has 1 aliphatic heterocycles. The van der Waals surface area contributed by atoms with Gasteiger partial charge in [0.2, 0.25) is 0 Å². The highest BCUT2D eigenvalue weighted by atomic mass is 16.6. The zero-order valence-electron chi connectivity index (χ0n) is 8.67. The van der Waals surface area contributed by atoms with Crippen LogP contribution in [0.2, 0.25) is 0 Å². The number of carbonyl (C=O) groups is 1. The lowest BCUT2D eigenvalue weighted by molar-refractivity contribution is -0.384. The summed E-state index contributed by atoms with van der Waals surface area (Å²) in [4.78, 5) is 23.0. The fourth-order valence-electron chi connectivity index (χ4n) is 1.80. The van der Waals surface area contributed by atoms with E-state index in [9.17, 15) is 14.9 Å². The second-order valence-corrected chi connectivity index (χ2v) is 3.44. The number of anilines is 1. The topological polar surface area (TPSA) is 72.7 Å². The van der Waals surface area contributed by atoms with E-state index in [0.717, 1.165) is 5.56 Å². The van der Waals surface area contributed by atoms with Crippen molar-refractivity contribution in [2.24, 2.45) is 0 Å². The summed E-state index contributed by atoms with van der Waals surface area (Å²) in [5.41, 5.74) is 1.54. The Hall–Kier alpha value is -2.11. The van der Waals surface area contributed by atoms with Crippen molar-refractivity contribution in [1.29, 1.82) is 0 Å². The third-order valence-electron chi connectivity index (χ3n) is 2.56. The molecule has 0 atom stereocenters. The van der Waals surface area contributed by atoms with Crippen molar-refractivity contribution in [3.8, 4) is 0 Å². The van der Waals surface area contributed by atoms with Gasteiger partial charge in [-0.3, -0.25) is 15.0 Å². The molecule has 0 fully saturated rings. The first-order chi connectivity index (χ1) is 7.63. The third-order valence-corrected chi connectivity index (χ3v) is 2.56. The van der Waals surface area contributed by atoms with Crippen LogP contribution in [0.3, 0.4) is 0 Å². The van der Waals surface area contributed by atoms with Gasteiger partial charge in [0.1, 0.15) is 0 Å². The minimum absolute atomic E-state index is 0.0467. The van der Waals surface area contributed by atoms with Gasteiger partial charge in [-0.15, -0.1) is 0 Å². The molecule has 6 heteroatoms. The monoisotopic (exact) mass is 222 g/mol. The number of fused-ring (bicyclic) bond motifs is 1. The van der Waals surface area contributed by atoms with Crippen LogP contribution in [0.25, 0.3) is 0 Å². The number of nitro benzene ring substituents is 1. The summed E-state index contributed by atoms with van der Waals surface area (Å²) < 4.78 is 4.62. The Balaban J connectivity index is 2.36. The summed E-state index contributed by atoms with van der Waals surface area (Å²) in [5, 5.41) is 10.6. The Morgan fingerprint density at radius 3 is 2.94 bits per heavy atom. The molecule has 0 spiro atoms. The maximum Gasteiger partial charge on any atom is 0.414 e. The summed E-state index contributed by atoms with van der Waals surface area (Å²) in [6.45, 7) is 0.503. The molecular weight excluding hydrogens is 212 g/mol. The SMILES string of the molecule is COC(=O)N1CCc2cc([N+](=O)[O-])ccc21. The average Bonchev–Trinajstić information content (AvgIpc) is 2.70. The first-order valence-corrected chi connectivity index (χ1v) is 4.76. The Labute approximate surface area is 91.6 Å². The Bertz CT molecular complexity index is 458. The number of nitrogens with zero attached hydrogens (tertiary/aromatic N) is 2. The Morgan fingerprint density at radius 2 is 2.31 bits per heavy atom. The summed E-state index contributed by atoms with van der Waals surface area (Å²) >= 11 is 0. The van der Waals surface area contributed by atoms with Gasteiger partial charge in [-0.1, -0.05) is 0 Å². The molecule has 2 rings (SSSR count). The van der Waals surface area contributed by atoms with Gasteiger partial charge in [-0.2, -0.15) is 0 Å². The van der Waals surface area contributed by atoms with Crippen LogP contribution in [0, 0.1) is 10.1 Å². The second kappa shape index (κ2) is 3.80. The van der Waals surface area contributed by atoms with Crippen molar-refractivity contribution in [3.63, 3.8) is 0 Å². The lowest BCUT2D eigenvalue weighted by atomic mass is 10.1. The van der Waals surface area contributed by atoms with Gasteiger partial charge in [0.15, 0.2) is 0 Å². The van der Waals surface area contributed by atoms with Gasteiger partial charge >= 0.3 is 6.09 Å². The molecule has 0 aliphatic carbocycles. The number of rotatable bonds is 1. The highest BCUT2D eigenvalue weighted by Crippen LogP contribution is 2.31. The molecular formula is C10H10N2O4. The highest BCUT2D eigenvalue weighted by molar-refractivity contribution is 5.90. The first-order valence-electron chi connectivity index (χ1n) is 4.76. The maximum atomic E-state index is 11.4. The van der Waals surface area contributed by atoms with Gasteiger partial charge in [-0.05, 0) is 18.1 Å². The van der Waals surface area contributed by atoms with E-state index in [1.165, 1.54) is 24.1 Å². The van der Waals surface area contributed by atoms with E-state index in [4.69, 9.17) is 0 Å². The molecule has 1 aromatic carbocycles. The van der Waals surface area contributed by atoms with Crippen LogP contribution in [0.4, 0.5) is 16.2 Å². The van der Waals surface area contributed by atoms with Crippen LogP contribution in [0.5, 0.6) is 0 Å². The molecule has 0 N–H and O–H groups in total. The quantitative estimate of drug-likeness (QED) is 0.535. The van der Waals surface area contributed by atoms with Gasteiger partial charge < -0.3 is 4.74 Å². The van der Waals surface area contributed by atoms with Crippen LogP contribution >= 0.6 is 0 Å². The fraction of sp³-hybridized carbons (Fsp3) is 0.300. The van der Waals surface area contributed by atoms with E-state index < -0.39 is 11.0 Å². The van der Waals surface area contributed by atoms with E-state index in [1.54, 1.807) is 6.07 Å². The van der Waals surface area contributed by atoms with Crippen molar-refractivity contribution in [2.45, 2.75) is 6.42 Å². The van der Waals surface area contributed by atoms with Crippen LogP contribution in [0.1, 0.15) is 5.56 Å². The van der Waals surface area contributed by atoms with E-state index in [1.807, 2.05) is 0 Å². The van der Waals surface area contributed by atoms with Crippen LogP contribution in [-0.2, 0) is 11.2 Å². The molecule has 0 unspecified atom stereocenters. The molecule has 0 radical (unpaired) electrons. The Morgan fingerprint density at radius 1 is 1.56 bits per heavy atom. The molecule has 84 valence electrons. The van der Waals surface area contributed by atoms with Gasteiger partial charge in [-0.25, -0.2) is 4.79 Å². The van der Waals surface area contributed by atoms with Crippen LogP contribution in [0.15, 0.2) is 18.2 Å². The lowest BCUT2D eigenvalue weighted by Gasteiger charge is -2.14. The zero-order chi connectivity index (χ0) is 11.7. The van der Waals surface area contributed by atoms with E-state index in [0.29, 0.717) is 18.7 Å². The number of carbonyl (C=O) groups excluding carboxylic acids is 1. The normalized spacial score (nSPS) is 13.4. The number of methoxy groups -OCH3 is 1. The molecule has 1 aromatic rings. The third kappa shape index (κ3) is 1.58. The van der Waals surface area contributed by atoms with Gasteiger partial charge in [0.25, 0.3) is 5.69 Å². The summed E-state index contributed by atoms with van der Waals surface area (Å²) in [6, 6.07) is 4.47. The van der Waals surface area contributed by atoms with E-state index in [2.05, 4.69) is 4.74 Å². The lowest BCUT2D eigenvalue weighted by Crippen LogP contribution is -2.28. The summed E-state index contributed by atoms with van der Waals surface area (Å²) in [7, 11) is 1.31. The number of non-ortho nitro benzene ring substituents is 1.